The SMILES string of the molecule is O=C(O)C1CCCC(c2nc3ccncc3o2)N1. The fraction of sp³-hybridized carbons (Fsp3) is 0.417. The van der Waals surface area contributed by atoms with E-state index < -0.39 is 12.0 Å². The summed E-state index contributed by atoms with van der Waals surface area (Å²) in [6.07, 6.45) is 5.61. The van der Waals surface area contributed by atoms with Gasteiger partial charge in [-0.15, -0.1) is 0 Å². The molecule has 0 bridgehead atoms. The van der Waals surface area contributed by atoms with Crippen molar-refractivity contribution < 1.29 is 14.3 Å². The Kier molecular flexibility index (Phi) is 2.71. The second kappa shape index (κ2) is 4.38. The molecule has 0 aromatic carbocycles. The Morgan fingerprint density at radius 1 is 1.50 bits per heavy atom. The number of nitrogens with one attached hydrogen (secondary N) is 1. The molecule has 18 heavy (non-hydrogen) atoms. The van der Waals surface area contributed by atoms with Crippen molar-refractivity contribution in [2.45, 2.75) is 31.3 Å². The zero-order chi connectivity index (χ0) is 12.5. The minimum atomic E-state index is -0.822. The number of piperidine rings is 1. The Labute approximate surface area is 103 Å². The van der Waals surface area contributed by atoms with Crippen molar-refractivity contribution in [3.8, 4) is 0 Å². The maximum absolute atomic E-state index is 11.0. The quantitative estimate of drug-likeness (QED) is 0.835. The highest BCUT2D eigenvalue weighted by Crippen LogP contribution is 2.27. The van der Waals surface area contributed by atoms with Crippen LogP contribution in [0.25, 0.3) is 11.1 Å². The minimum absolute atomic E-state index is 0.132. The standard InChI is InChI=1S/C12H13N3O3/c16-12(17)9-3-1-2-8(14-9)11-15-7-4-5-13-6-10(7)18-11/h4-6,8-9,14H,1-3H2,(H,16,17). The molecule has 2 N–H and O–H groups in total. The molecular formula is C12H13N3O3. The van der Waals surface area contributed by atoms with Gasteiger partial charge in [0.15, 0.2) is 5.58 Å². The number of carbonyl (C=O) groups is 1. The molecule has 1 aliphatic heterocycles. The zero-order valence-corrected chi connectivity index (χ0v) is 9.67. The molecule has 94 valence electrons. The van der Waals surface area contributed by atoms with Crippen LogP contribution in [0.4, 0.5) is 0 Å². The molecule has 1 fully saturated rings. The van der Waals surface area contributed by atoms with Crippen LogP contribution >= 0.6 is 0 Å². The number of oxazole rings is 1. The van der Waals surface area contributed by atoms with E-state index in [1.54, 1.807) is 18.5 Å². The van der Waals surface area contributed by atoms with Crippen molar-refractivity contribution in [1.82, 2.24) is 15.3 Å². The third kappa shape index (κ3) is 1.95. The predicted octanol–water partition coefficient (Wildman–Crippen LogP) is 1.49. The number of hydrogen-bond acceptors (Lipinski definition) is 5. The fourth-order valence-corrected chi connectivity index (χ4v) is 2.27. The molecule has 2 atom stereocenters. The molecule has 6 heteroatoms. The Hall–Kier alpha value is -1.95. The van der Waals surface area contributed by atoms with E-state index >= 15 is 0 Å². The van der Waals surface area contributed by atoms with Crippen molar-refractivity contribution in [2.75, 3.05) is 0 Å². The summed E-state index contributed by atoms with van der Waals surface area (Å²) in [4.78, 5) is 19.3. The summed E-state index contributed by atoms with van der Waals surface area (Å²) >= 11 is 0. The number of aromatic nitrogens is 2. The van der Waals surface area contributed by atoms with Crippen LogP contribution in [0.5, 0.6) is 0 Å². The second-order valence-corrected chi connectivity index (χ2v) is 4.44. The summed E-state index contributed by atoms with van der Waals surface area (Å²) in [5.74, 6) is -0.276. The number of carboxylic acids is 1. The Morgan fingerprint density at radius 3 is 3.17 bits per heavy atom. The van der Waals surface area contributed by atoms with Gasteiger partial charge in [-0.1, -0.05) is 0 Å². The maximum atomic E-state index is 11.0. The van der Waals surface area contributed by atoms with Crippen LogP contribution in [0.2, 0.25) is 0 Å². The first-order valence-electron chi connectivity index (χ1n) is 5.93. The van der Waals surface area contributed by atoms with Crippen LogP contribution in [0, 0.1) is 0 Å². The Bertz CT molecular complexity index is 548. The summed E-state index contributed by atoms with van der Waals surface area (Å²) in [5, 5.41) is 12.1. The van der Waals surface area contributed by atoms with Crippen LogP contribution in [0.1, 0.15) is 31.2 Å². The van der Waals surface area contributed by atoms with Gasteiger partial charge in [0.2, 0.25) is 5.89 Å². The predicted molar refractivity (Wildman–Crippen MR) is 63.0 cm³/mol. The monoisotopic (exact) mass is 247 g/mol. The molecular weight excluding hydrogens is 234 g/mol. The lowest BCUT2D eigenvalue weighted by atomic mass is 9.98. The molecule has 0 amide bonds. The smallest absolute Gasteiger partial charge is 0.320 e. The van der Waals surface area contributed by atoms with Gasteiger partial charge in [-0.25, -0.2) is 4.98 Å². The van der Waals surface area contributed by atoms with Gasteiger partial charge in [0.05, 0.1) is 12.2 Å². The van der Waals surface area contributed by atoms with Crippen LogP contribution < -0.4 is 5.32 Å². The van der Waals surface area contributed by atoms with Crippen molar-refractivity contribution in [3.05, 3.63) is 24.4 Å². The minimum Gasteiger partial charge on any atom is -0.480 e. The third-order valence-corrected chi connectivity index (χ3v) is 3.19. The molecule has 0 spiro atoms. The molecule has 2 aromatic rings. The molecule has 3 rings (SSSR count). The van der Waals surface area contributed by atoms with Gasteiger partial charge in [-0.3, -0.25) is 15.1 Å². The van der Waals surface area contributed by atoms with E-state index in [1.165, 1.54) is 0 Å². The van der Waals surface area contributed by atoms with Gasteiger partial charge in [0, 0.05) is 6.20 Å². The number of hydrogen-bond donors (Lipinski definition) is 2. The van der Waals surface area contributed by atoms with E-state index in [0.717, 1.165) is 18.4 Å². The average Bonchev–Trinajstić information content (AvgIpc) is 2.82. The van der Waals surface area contributed by atoms with E-state index in [0.29, 0.717) is 17.9 Å². The molecule has 2 unspecified atom stereocenters. The molecule has 1 saturated heterocycles. The number of fused-ring (bicyclic) bond motifs is 1. The summed E-state index contributed by atoms with van der Waals surface area (Å²) in [7, 11) is 0. The lowest BCUT2D eigenvalue weighted by Gasteiger charge is -2.26. The van der Waals surface area contributed by atoms with Gasteiger partial charge in [-0.05, 0) is 25.3 Å². The number of rotatable bonds is 2. The van der Waals surface area contributed by atoms with E-state index in [2.05, 4.69) is 15.3 Å². The number of pyridine rings is 1. The second-order valence-electron chi connectivity index (χ2n) is 4.44. The summed E-state index contributed by atoms with van der Waals surface area (Å²) in [6, 6.07) is 1.13. The molecule has 6 nitrogen and oxygen atoms in total. The van der Waals surface area contributed by atoms with Gasteiger partial charge in [0.25, 0.3) is 0 Å². The van der Waals surface area contributed by atoms with Gasteiger partial charge >= 0.3 is 5.97 Å². The molecule has 2 aromatic heterocycles. The molecule has 0 radical (unpaired) electrons. The number of carboxylic acid groups (broad SMARTS) is 1. The van der Waals surface area contributed by atoms with Gasteiger partial charge in [0.1, 0.15) is 11.6 Å². The topological polar surface area (TPSA) is 88.2 Å². The highest BCUT2D eigenvalue weighted by molar-refractivity contribution is 5.74. The lowest BCUT2D eigenvalue weighted by Crippen LogP contribution is -2.42. The van der Waals surface area contributed by atoms with Gasteiger partial charge < -0.3 is 9.52 Å². The summed E-state index contributed by atoms with van der Waals surface area (Å²) < 4.78 is 5.61. The first-order chi connectivity index (χ1) is 8.74. The van der Waals surface area contributed by atoms with Crippen molar-refractivity contribution >= 4 is 17.1 Å². The van der Waals surface area contributed by atoms with Crippen LogP contribution in [0.3, 0.4) is 0 Å². The van der Waals surface area contributed by atoms with Crippen LogP contribution in [-0.4, -0.2) is 27.1 Å². The van der Waals surface area contributed by atoms with Crippen LogP contribution in [0.15, 0.2) is 22.9 Å². The fourth-order valence-electron chi connectivity index (χ4n) is 2.27. The van der Waals surface area contributed by atoms with E-state index in [9.17, 15) is 4.79 Å². The molecule has 0 saturated carbocycles. The highest BCUT2D eigenvalue weighted by atomic mass is 16.4. The number of aliphatic carboxylic acids is 1. The highest BCUT2D eigenvalue weighted by Gasteiger charge is 2.29. The average molecular weight is 247 g/mol. The Morgan fingerprint density at radius 2 is 2.39 bits per heavy atom. The molecule has 1 aliphatic rings. The first kappa shape index (κ1) is 11.2. The zero-order valence-electron chi connectivity index (χ0n) is 9.67. The van der Waals surface area contributed by atoms with Crippen molar-refractivity contribution in [2.24, 2.45) is 0 Å². The van der Waals surface area contributed by atoms with E-state index in [1.807, 2.05) is 0 Å². The largest absolute Gasteiger partial charge is 0.480 e. The Balaban J connectivity index is 1.87. The van der Waals surface area contributed by atoms with Crippen molar-refractivity contribution in [3.63, 3.8) is 0 Å². The van der Waals surface area contributed by atoms with Crippen LogP contribution in [-0.2, 0) is 4.79 Å². The molecule has 0 aliphatic carbocycles. The first-order valence-corrected chi connectivity index (χ1v) is 5.93. The van der Waals surface area contributed by atoms with E-state index in [4.69, 9.17) is 9.52 Å². The van der Waals surface area contributed by atoms with Crippen molar-refractivity contribution in [1.29, 1.82) is 0 Å². The summed E-state index contributed by atoms with van der Waals surface area (Å²) in [5.41, 5.74) is 1.38. The third-order valence-electron chi connectivity index (χ3n) is 3.19. The lowest BCUT2D eigenvalue weighted by molar-refractivity contribution is -0.140. The van der Waals surface area contributed by atoms with Gasteiger partial charge in [-0.2, -0.15) is 0 Å². The van der Waals surface area contributed by atoms with E-state index in [-0.39, 0.29) is 6.04 Å². The summed E-state index contributed by atoms with van der Waals surface area (Å²) in [6.45, 7) is 0. The normalized spacial score (nSPS) is 24.2. The molecule has 3 heterocycles. The number of nitrogens with zero attached hydrogens (tertiary/aromatic N) is 2. The maximum Gasteiger partial charge on any atom is 0.320 e.